The van der Waals surface area contributed by atoms with Crippen LogP contribution in [0.1, 0.15) is 57.8 Å². The Balaban J connectivity index is 1.23. The molecule has 2 heterocycles. The summed E-state index contributed by atoms with van der Waals surface area (Å²) in [6, 6.07) is 15.1. The van der Waals surface area contributed by atoms with E-state index in [1.807, 2.05) is 30.3 Å². The molecule has 1 amide bonds. The Morgan fingerprint density at radius 2 is 1.60 bits per heavy atom. The quantitative estimate of drug-likeness (QED) is 0.530. The van der Waals surface area contributed by atoms with Crippen molar-refractivity contribution in [2.75, 3.05) is 13.1 Å². The number of benzene rings is 2. The summed E-state index contributed by atoms with van der Waals surface area (Å²) in [5.74, 6) is 0.696. The Bertz CT molecular complexity index is 1260. The number of rotatable bonds is 5. The fourth-order valence-electron chi connectivity index (χ4n) is 5.31. The van der Waals surface area contributed by atoms with Crippen molar-refractivity contribution in [3.8, 4) is 11.4 Å². The minimum atomic E-state index is -3.64. The number of carbonyl (C=O) groups is 1. The van der Waals surface area contributed by atoms with Gasteiger partial charge in [-0.25, -0.2) is 13.4 Å². The molecule has 0 spiro atoms. The number of aromatic nitrogens is 2. The molecular formula is C27H34N4O3S. The number of nitrogens with one attached hydrogen (secondary N) is 2. The molecule has 186 valence electrons. The van der Waals surface area contributed by atoms with Gasteiger partial charge < -0.3 is 10.3 Å². The minimum Gasteiger partial charge on any atom is -0.353 e. The number of hydrogen-bond donors (Lipinski definition) is 2. The lowest BCUT2D eigenvalue weighted by molar-refractivity contribution is -0.127. The maximum absolute atomic E-state index is 13.4. The first-order valence-corrected chi connectivity index (χ1v) is 14.3. The van der Waals surface area contributed by atoms with Gasteiger partial charge in [0.15, 0.2) is 0 Å². The van der Waals surface area contributed by atoms with Gasteiger partial charge in [0.2, 0.25) is 15.9 Å². The van der Waals surface area contributed by atoms with Crippen molar-refractivity contribution in [3.63, 3.8) is 0 Å². The Morgan fingerprint density at radius 3 is 2.31 bits per heavy atom. The largest absolute Gasteiger partial charge is 0.353 e. The third-order valence-corrected chi connectivity index (χ3v) is 9.31. The van der Waals surface area contributed by atoms with Crippen molar-refractivity contribution in [2.24, 2.45) is 5.92 Å². The third-order valence-electron chi connectivity index (χ3n) is 7.41. The predicted molar refractivity (Wildman–Crippen MR) is 137 cm³/mol. The van der Waals surface area contributed by atoms with Gasteiger partial charge in [0.25, 0.3) is 0 Å². The van der Waals surface area contributed by atoms with Crippen LogP contribution in [0.5, 0.6) is 0 Å². The third kappa shape index (κ3) is 5.43. The maximum atomic E-state index is 13.4. The van der Waals surface area contributed by atoms with Gasteiger partial charge >= 0.3 is 0 Å². The molecule has 1 saturated heterocycles. The van der Waals surface area contributed by atoms with Crippen LogP contribution in [-0.2, 0) is 14.8 Å². The molecule has 2 aliphatic rings. The normalized spacial score (nSPS) is 19.3. The van der Waals surface area contributed by atoms with Gasteiger partial charge in [-0.2, -0.15) is 4.31 Å². The lowest BCUT2D eigenvalue weighted by Crippen LogP contribution is -2.45. The minimum absolute atomic E-state index is 0.0972. The van der Waals surface area contributed by atoms with E-state index >= 15 is 0 Å². The average molecular weight is 495 g/mol. The number of imidazole rings is 1. The smallest absolute Gasteiger partial charge is 0.243 e. The molecule has 7 nitrogen and oxygen atoms in total. The highest BCUT2D eigenvalue weighted by atomic mass is 32.2. The average Bonchev–Trinajstić information content (AvgIpc) is 3.30. The lowest BCUT2D eigenvalue weighted by Gasteiger charge is -2.31. The summed E-state index contributed by atoms with van der Waals surface area (Å²) >= 11 is 0. The molecular weight excluding hydrogens is 460 g/mol. The van der Waals surface area contributed by atoms with Crippen LogP contribution in [0.15, 0.2) is 53.4 Å². The second-order valence-corrected chi connectivity index (χ2v) is 11.8. The van der Waals surface area contributed by atoms with Gasteiger partial charge in [-0.15, -0.1) is 0 Å². The van der Waals surface area contributed by atoms with Crippen molar-refractivity contribution in [3.05, 3.63) is 48.5 Å². The van der Waals surface area contributed by atoms with Gasteiger partial charge in [0.05, 0.1) is 15.9 Å². The first kappa shape index (κ1) is 24.0. The summed E-state index contributed by atoms with van der Waals surface area (Å²) in [5, 5.41) is 3.26. The van der Waals surface area contributed by atoms with Crippen LogP contribution < -0.4 is 5.32 Å². The summed E-state index contributed by atoms with van der Waals surface area (Å²) in [6.07, 6.45) is 9.38. The number of hydrogen-bond acceptors (Lipinski definition) is 4. The Hall–Kier alpha value is -2.71. The fraction of sp³-hybridized carbons (Fsp3) is 0.481. The number of aromatic amines is 1. The summed E-state index contributed by atoms with van der Waals surface area (Å²) < 4.78 is 28.2. The number of H-pyrrole nitrogens is 1. The Kier molecular flexibility index (Phi) is 7.20. The van der Waals surface area contributed by atoms with Crippen molar-refractivity contribution >= 4 is 27.0 Å². The van der Waals surface area contributed by atoms with Gasteiger partial charge in [0, 0.05) is 30.6 Å². The van der Waals surface area contributed by atoms with E-state index in [0.29, 0.717) is 37.3 Å². The van der Waals surface area contributed by atoms with Crippen molar-refractivity contribution in [1.29, 1.82) is 0 Å². The van der Waals surface area contributed by atoms with E-state index in [1.54, 1.807) is 18.2 Å². The van der Waals surface area contributed by atoms with Crippen molar-refractivity contribution in [2.45, 2.75) is 68.7 Å². The van der Waals surface area contributed by atoms with Gasteiger partial charge in [-0.05, 0) is 43.9 Å². The number of nitrogens with zero attached hydrogens (tertiary/aromatic N) is 2. The lowest BCUT2D eigenvalue weighted by atomic mass is 9.94. The molecule has 0 radical (unpaired) electrons. The monoisotopic (exact) mass is 494 g/mol. The zero-order valence-corrected chi connectivity index (χ0v) is 20.9. The molecule has 1 aromatic heterocycles. The Labute approximate surface area is 207 Å². The molecule has 1 saturated carbocycles. The predicted octanol–water partition coefficient (Wildman–Crippen LogP) is 4.86. The van der Waals surface area contributed by atoms with E-state index < -0.39 is 10.0 Å². The van der Waals surface area contributed by atoms with Crippen LogP contribution in [0.3, 0.4) is 0 Å². The van der Waals surface area contributed by atoms with Crippen LogP contribution >= 0.6 is 0 Å². The van der Waals surface area contributed by atoms with E-state index in [4.69, 9.17) is 0 Å². The number of fused-ring (bicyclic) bond motifs is 1. The summed E-state index contributed by atoms with van der Waals surface area (Å²) in [4.78, 5) is 21.0. The molecule has 1 aliphatic heterocycles. The van der Waals surface area contributed by atoms with E-state index in [2.05, 4.69) is 15.3 Å². The van der Waals surface area contributed by atoms with Crippen molar-refractivity contribution in [1.82, 2.24) is 19.6 Å². The van der Waals surface area contributed by atoms with Crippen molar-refractivity contribution < 1.29 is 13.2 Å². The second kappa shape index (κ2) is 10.5. The molecule has 2 fully saturated rings. The van der Waals surface area contributed by atoms with E-state index in [0.717, 1.165) is 23.9 Å². The van der Waals surface area contributed by atoms with Gasteiger partial charge in [-0.1, -0.05) is 62.4 Å². The molecule has 8 heteroatoms. The summed E-state index contributed by atoms with van der Waals surface area (Å²) in [7, 11) is -3.64. The summed E-state index contributed by atoms with van der Waals surface area (Å²) in [5.41, 5.74) is 2.37. The first-order valence-electron chi connectivity index (χ1n) is 12.9. The number of sulfonamides is 1. The number of amides is 1. The molecule has 35 heavy (non-hydrogen) atoms. The highest BCUT2D eigenvalue weighted by Crippen LogP contribution is 2.28. The number of piperidine rings is 1. The zero-order valence-electron chi connectivity index (χ0n) is 20.1. The maximum Gasteiger partial charge on any atom is 0.243 e. The highest BCUT2D eigenvalue weighted by molar-refractivity contribution is 7.89. The SMILES string of the molecule is O=C(NC1CCCCCCC1)C1CCN(S(=O)(=O)c2ccc3nc(-c4ccccc4)[nH]c3c2)CC1. The molecule has 2 aromatic carbocycles. The van der Waals surface area contributed by atoms with E-state index in [9.17, 15) is 13.2 Å². The first-order chi connectivity index (χ1) is 17.0. The molecule has 0 unspecified atom stereocenters. The molecule has 0 atom stereocenters. The van der Waals surface area contributed by atoms with Gasteiger partial charge in [-0.3, -0.25) is 4.79 Å². The van der Waals surface area contributed by atoms with Gasteiger partial charge in [0.1, 0.15) is 5.82 Å². The van der Waals surface area contributed by atoms with Crippen LogP contribution in [0.4, 0.5) is 0 Å². The molecule has 5 rings (SSSR count). The Morgan fingerprint density at radius 1 is 0.914 bits per heavy atom. The van der Waals surface area contributed by atoms with Crippen LogP contribution in [-0.4, -0.2) is 47.7 Å². The molecule has 0 bridgehead atoms. The van der Waals surface area contributed by atoms with Crippen LogP contribution in [0.25, 0.3) is 22.4 Å². The second-order valence-electron chi connectivity index (χ2n) is 9.86. The standard InChI is InChI=1S/C27H34N4O3S/c32-27(28-22-11-7-2-1-3-8-12-22)21-15-17-31(18-16-21)35(33,34)23-13-14-24-25(19-23)30-26(29-24)20-9-5-4-6-10-20/h4-6,9-10,13-14,19,21-22H,1-3,7-8,11-12,15-18H2,(H,28,32)(H,29,30). The topological polar surface area (TPSA) is 95.2 Å². The van der Waals surface area contributed by atoms with E-state index in [-0.39, 0.29) is 22.8 Å². The highest BCUT2D eigenvalue weighted by Gasteiger charge is 2.33. The molecule has 2 N–H and O–H groups in total. The van der Waals surface area contributed by atoms with Crippen LogP contribution in [0, 0.1) is 5.92 Å². The zero-order chi connectivity index (χ0) is 24.3. The fourth-order valence-corrected chi connectivity index (χ4v) is 6.81. The van der Waals surface area contributed by atoms with Crippen LogP contribution in [0.2, 0.25) is 0 Å². The summed E-state index contributed by atoms with van der Waals surface area (Å²) in [6.45, 7) is 0.725. The molecule has 3 aromatic rings. The van der Waals surface area contributed by atoms with E-state index in [1.165, 1.54) is 36.4 Å². The molecule has 1 aliphatic carbocycles. The number of carbonyl (C=O) groups excluding carboxylic acids is 1.